The normalized spacial score (nSPS) is 20.7. The van der Waals surface area contributed by atoms with E-state index in [1.54, 1.807) is 23.5 Å². The van der Waals surface area contributed by atoms with Gasteiger partial charge in [0.2, 0.25) is 0 Å². The Morgan fingerprint density at radius 1 is 0.949 bits per heavy atom. The van der Waals surface area contributed by atoms with Gasteiger partial charge in [0.05, 0.1) is 6.10 Å². The van der Waals surface area contributed by atoms with Crippen molar-refractivity contribution in [1.29, 1.82) is 0 Å². The van der Waals surface area contributed by atoms with Gasteiger partial charge in [-0.05, 0) is 53.4 Å². The van der Waals surface area contributed by atoms with Crippen molar-refractivity contribution >= 4 is 29.2 Å². The van der Waals surface area contributed by atoms with Crippen molar-refractivity contribution < 1.29 is 37.7 Å². The zero-order valence-electron chi connectivity index (χ0n) is 22.3. The summed E-state index contributed by atoms with van der Waals surface area (Å²) in [5.41, 5.74) is 3.83. The van der Waals surface area contributed by atoms with Crippen LogP contribution >= 0.6 is 11.3 Å². The van der Waals surface area contributed by atoms with Crippen LogP contribution in [0.1, 0.15) is 54.9 Å². The standard InChI is InChI=1S/C30H31FO7S/c1-17-5-6-22(13-23(17)14-26-11-12-28(39-26)21-7-9-24(31)10-8-21)29-30(37-20(4)34)27(36-19(3)33)15-25(38-29)16-35-18(2)32/h5-13,25,27,29-30H,14-16H2,1-4H3. The molecule has 0 N–H and O–H groups in total. The fourth-order valence-electron chi connectivity index (χ4n) is 4.66. The van der Waals surface area contributed by atoms with E-state index in [9.17, 15) is 18.8 Å². The zero-order valence-corrected chi connectivity index (χ0v) is 23.1. The first-order valence-corrected chi connectivity index (χ1v) is 13.5. The Bertz CT molecular complexity index is 1330. The third-order valence-electron chi connectivity index (χ3n) is 6.45. The molecule has 3 aromatic rings. The summed E-state index contributed by atoms with van der Waals surface area (Å²) in [6.45, 7) is 5.90. The van der Waals surface area contributed by atoms with Crippen molar-refractivity contribution in [3.8, 4) is 10.4 Å². The Labute approximate surface area is 230 Å². The summed E-state index contributed by atoms with van der Waals surface area (Å²) in [5, 5.41) is 0. The molecule has 0 amide bonds. The molecular weight excluding hydrogens is 523 g/mol. The molecule has 39 heavy (non-hydrogen) atoms. The van der Waals surface area contributed by atoms with Crippen molar-refractivity contribution in [3.63, 3.8) is 0 Å². The Kier molecular flexibility index (Phi) is 9.14. The summed E-state index contributed by atoms with van der Waals surface area (Å²) in [5.74, 6) is -1.76. The molecule has 1 aromatic heterocycles. The van der Waals surface area contributed by atoms with Crippen LogP contribution in [-0.2, 0) is 39.8 Å². The largest absolute Gasteiger partial charge is 0.463 e. The van der Waals surface area contributed by atoms with Crippen molar-refractivity contribution in [2.45, 2.75) is 65.0 Å². The van der Waals surface area contributed by atoms with E-state index in [2.05, 4.69) is 6.07 Å². The van der Waals surface area contributed by atoms with Gasteiger partial charge in [0.25, 0.3) is 0 Å². The number of halogens is 1. The molecule has 9 heteroatoms. The number of benzene rings is 2. The Morgan fingerprint density at radius 2 is 1.67 bits per heavy atom. The predicted octanol–water partition coefficient (Wildman–Crippen LogP) is 5.71. The fraction of sp³-hybridized carbons (Fsp3) is 0.367. The van der Waals surface area contributed by atoms with Crippen LogP contribution in [0.2, 0.25) is 0 Å². The average molecular weight is 555 g/mol. The Balaban J connectivity index is 1.62. The number of hydrogen-bond donors (Lipinski definition) is 0. The molecule has 2 aromatic carbocycles. The second-order valence-electron chi connectivity index (χ2n) is 9.57. The number of ether oxygens (including phenoxy) is 4. The number of carbonyl (C=O) groups is 3. The molecule has 0 aliphatic carbocycles. The molecule has 1 fully saturated rings. The maximum Gasteiger partial charge on any atom is 0.303 e. The van der Waals surface area contributed by atoms with Crippen LogP contribution in [0.15, 0.2) is 54.6 Å². The first-order valence-electron chi connectivity index (χ1n) is 12.7. The molecule has 2 heterocycles. The van der Waals surface area contributed by atoms with Gasteiger partial charge >= 0.3 is 17.9 Å². The Hall–Kier alpha value is -3.56. The van der Waals surface area contributed by atoms with Crippen LogP contribution < -0.4 is 0 Å². The number of aryl methyl sites for hydroxylation is 1. The zero-order chi connectivity index (χ0) is 28.1. The second kappa shape index (κ2) is 12.5. The van der Waals surface area contributed by atoms with Crippen molar-refractivity contribution in [2.75, 3.05) is 6.61 Å². The molecule has 4 unspecified atom stereocenters. The van der Waals surface area contributed by atoms with E-state index in [1.165, 1.54) is 32.9 Å². The van der Waals surface area contributed by atoms with Gasteiger partial charge in [-0.1, -0.05) is 30.3 Å². The van der Waals surface area contributed by atoms with E-state index in [-0.39, 0.29) is 18.8 Å². The summed E-state index contributed by atoms with van der Waals surface area (Å²) in [6, 6.07) is 16.4. The molecule has 1 aliphatic heterocycles. The average Bonchev–Trinajstić information content (AvgIpc) is 3.33. The topological polar surface area (TPSA) is 88.1 Å². The van der Waals surface area contributed by atoms with Crippen LogP contribution in [0.25, 0.3) is 10.4 Å². The van der Waals surface area contributed by atoms with Crippen LogP contribution in [0, 0.1) is 12.7 Å². The smallest absolute Gasteiger partial charge is 0.303 e. The molecule has 206 valence electrons. The third-order valence-corrected chi connectivity index (χ3v) is 7.58. The molecule has 0 spiro atoms. The SMILES string of the molecule is CC(=O)OCC1CC(OC(C)=O)C(OC(C)=O)C(c2ccc(C)c(Cc3ccc(-c4ccc(F)cc4)s3)c2)O1. The van der Waals surface area contributed by atoms with Crippen LogP contribution in [0.3, 0.4) is 0 Å². The first kappa shape index (κ1) is 28.4. The van der Waals surface area contributed by atoms with E-state index in [1.807, 2.05) is 31.2 Å². The number of thiophene rings is 1. The summed E-state index contributed by atoms with van der Waals surface area (Å²) in [6.07, 6.45) is -2.09. The maximum absolute atomic E-state index is 13.3. The van der Waals surface area contributed by atoms with Crippen LogP contribution in [-0.4, -0.2) is 42.8 Å². The van der Waals surface area contributed by atoms with E-state index in [4.69, 9.17) is 18.9 Å². The number of hydrogen-bond acceptors (Lipinski definition) is 8. The van der Waals surface area contributed by atoms with Gasteiger partial charge in [-0.15, -0.1) is 11.3 Å². The third kappa shape index (κ3) is 7.52. The predicted molar refractivity (Wildman–Crippen MR) is 144 cm³/mol. The summed E-state index contributed by atoms with van der Waals surface area (Å²) >= 11 is 1.63. The van der Waals surface area contributed by atoms with Gasteiger partial charge in [0.15, 0.2) is 6.10 Å². The monoisotopic (exact) mass is 554 g/mol. The van der Waals surface area contributed by atoms with E-state index >= 15 is 0 Å². The fourth-order valence-corrected chi connectivity index (χ4v) is 5.70. The van der Waals surface area contributed by atoms with Gasteiger partial charge in [-0.2, -0.15) is 0 Å². The molecule has 4 atom stereocenters. The summed E-state index contributed by atoms with van der Waals surface area (Å²) in [4.78, 5) is 37.5. The lowest BCUT2D eigenvalue weighted by Crippen LogP contribution is -2.49. The molecule has 1 aliphatic rings. The van der Waals surface area contributed by atoms with Gasteiger partial charge < -0.3 is 18.9 Å². The first-order chi connectivity index (χ1) is 18.6. The van der Waals surface area contributed by atoms with Gasteiger partial charge in [-0.25, -0.2) is 4.39 Å². The van der Waals surface area contributed by atoms with Crippen LogP contribution in [0.4, 0.5) is 4.39 Å². The van der Waals surface area contributed by atoms with Gasteiger partial charge in [0, 0.05) is 43.4 Å². The lowest BCUT2D eigenvalue weighted by atomic mass is 9.90. The minimum Gasteiger partial charge on any atom is -0.463 e. The number of esters is 3. The number of carbonyl (C=O) groups excluding carboxylic acids is 3. The molecule has 0 radical (unpaired) electrons. The molecule has 0 saturated carbocycles. The highest BCUT2D eigenvalue weighted by Gasteiger charge is 2.44. The molecule has 1 saturated heterocycles. The van der Waals surface area contributed by atoms with Gasteiger partial charge in [0.1, 0.15) is 24.6 Å². The van der Waals surface area contributed by atoms with Crippen molar-refractivity contribution in [2.24, 2.45) is 0 Å². The molecule has 4 rings (SSSR count). The minimum absolute atomic E-state index is 0.0174. The Morgan fingerprint density at radius 3 is 2.33 bits per heavy atom. The second-order valence-corrected chi connectivity index (χ2v) is 10.7. The van der Waals surface area contributed by atoms with Crippen LogP contribution in [0.5, 0.6) is 0 Å². The quantitative estimate of drug-likeness (QED) is 0.260. The van der Waals surface area contributed by atoms with Gasteiger partial charge in [-0.3, -0.25) is 14.4 Å². The summed E-state index contributed by atoms with van der Waals surface area (Å²) < 4.78 is 36.0. The number of rotatable bonds is 8. The highest BCUT2D eigenvalue weighted by atomic mass is 32.1. The lowest BCUT2D eigenvalue weighted by molar-refractivity contribution is -0.214. The highest BCUT2D eigenvalue weighted by Crippen LogP contribution is 2.37. The highest BCUT2D eigenvalue weighted by molar-refractivity contribution is 7.15. The van der Waals surface area contributed by atoms with E-state index < -0.39 is 42.3 Å². The molecular formula is C30H31FO7S. The minimum atomic E-state index is -0.873. The van der Waals surface area contributed by atoms with E-state index in [0.29, 0.717) is 6.42 Å². The maximum atomic E-state index is 13.3. The molecule has 7 nitrogen and oxygen atoms in total. The summed E-state index contributed by atoms with van der Waals surface area (Å²) in [7, 11) is 0. The molecule has 0 bridgehead atoms. The van der Waals surface area contributed by atoms with Crippen molar-refractivity contribution in [3.05, 3.63) is 82.0 Å². The lowest BCUT2D eigenvalue weighted by Gasteiger charge is -2.40. The van der Waals surface area contributed by atoms with E-state index in [0.717, 1.165) is 32.0 Å². The van der Waals surface area contributed by atoms with Crippen molar-refractivity contribution in [1.82, 2.24) is 0 Å².